The quantitative estimate of drug-likeness (QED) is 0.892. The summed E-state index contributed by atoms with van der Waals surface area (Å²) in [5, 5.41) is 7.15. The molecule has 0 saturated carbocycles. The van der Waals surface area contributed by atoms with Gasteiger partial charge in [0.1, 0.15) is 5.75 Å². The highest BCUT2D eigenvalue weighted by Crippen LogP contribution is 2.20. The molecule has 0 aliphatic heterocycles. The highest BCUT2D eigenvalue weighted by atomic mass is 32.1. The van der Waals surface area contributed by atoms with Gasteiger partial charge >= 0.3 is 0 Å². The molecule has 0 fully saturated rings. The second-order valence-corrected chi connectivity index (χ2v) is 5.76. The lowest BCUT2D eigenvalue weighted by Gasteiger charge is -2.24. The molecule has 0 aliphatic carbocycles. The van der Waals surface area contributed by atoms with Crippen LogP contribution in [0.4, 0.5) is 0 Å². The number of ether oxygens (including phenoxy) is 1. The molecule has 2 aromatic rings. The van der Waals surface area contributed by atoms with E-state index in [0.717, 1.165) is 0 Å². The average molecular weight is 304 g/mol. The van der Waals surface area contributed by atoms with E-state index >= 15 is 0 Å². The standard InChI is InChI=1S/C16H20N2O2S/c1-18(2)15(13-7-8-21-11-13)10-17-16(19)12-5-4-6-14(9-12)20-3/h4-9,11,15H,10H2,1-3H3,(H,17,19). The van der Waals surface area contributed by atoms with Gasteiger partial charge in [0.05, 0.1) is 13.2 Å². The maximum Gasteiger partial charge on any atom is 0.251 e. The van der Waals surface area contributed by atoms with Gasteiger partial charge in [0, 0.05) is 12.1 Å². The number of nitrogens with one attached hydrogen (secondary N) is 1. The Morgan fingerprint density at radius 1 is 1.38 bits per heavy atom. The normalized spacial score (nSPS) is 12.2. The van der Waals surface area contributed by atoms with E-state index in [0.29, 0.717) is 17.9 Å². The van der Waals surface area contributed by atoms with E-state index in [4.69, 9.17) is 4.74 Å². The second-order valence-electron chi connectivity index (χ2n) is 4.98. The highest BCUT2D eigenvalue weighted by molar-refractivity contribution is 7.07. The van der Waals surface area contributed by atoms with Crippen LogP contribution in [0.1, 0.15) is 22.0 Å². The minimum absolute atomic E-state index is 0.0871. The van der Waals surface area contributed by atoms with Crippen molar-refractivity contribution >= 4 is 17.2 Å². The van der Waals surface area contributed by atoms with Gasteiger partial charge in [-0.3, -0.25) is 4.79 Å². The van der Waals surface area contributed by atoms with Crippen LogP contribution >= 0.6 is 11.3 Å². The molecule has 1 heterocycles. The third-order valence-electron chi connectivity index (χ3n) is 3.34. The summed E-state index contributed by atoms with van der Waals surface area (Å²) in [6.07, 6.45) is 0. The summed E-state index contributed by atoms with van der Waals surface area (Å²) in [6, 6.07) is 9.43. The summed E-state index contributed by atoms with van der Waals surface area (Å²) in [6.45, 7) is 0.569. The number of hydrogen-bond donors (Lipinski definition) is 1. The lowest BCUT2D eigenvalue weighted by Crippen LogP contribution is -2.34. The van der Waals surface area contributed by atoms with E-state index in [1.807, 2.05) is 26.2 Å². The topological polar surface area (TPSA) is 41.6 Å². The molecule has 1 amide bonds. The molecule has 0 saturated heterocycles. The van der Waals surface area contributed by atoms with Gasteiger partial charge in [0.2, 0.25) is 0 Å². The summed E-state index contributed by atoms with van der Waals surface area (Å²) >= 11 is 1.66. The molecule has 5 heteroatoms. The summed E-state index contributed by atoms with van der Waals surface area (Å²) in [4.78, 5) is 14.3. The average Bonchev–Trinajstić information content (AvgIpc) is 3.01. The zero-order valence-electron chi connectivity index (χ0n) is 12.5. The second kappa shape index (κ2) is 7.24. The van der Waals surface area contributed by atoms with Crippen LogP contribution in [-0.2, 0) is 0 Å². The minimum atomic E-state index is -0.0871. The molecule has 0 spiro atoms. The van der Waals surface area contributed by atoms with Gasteiger partial charge in [-0.25, -0.2) is 0 Å². The van der Waals surface area contributed by atoms with Crippen LogP contribution in [0.3, 0.4) is 0 Å². The van der Waals surface area contributed by atoms with E-state index in [-0.39, 0.29) is 11.9 Å². The molecule has 4 nitrogen and oxygen atoms in total. The SMILES string of the molecule is COc1cccc(C(=O)NCC(c2ccsc2)N(C)C)c1. The fraction of sp³-hybridized carbons (Fsp3) is 0.312. The van der Waals surface area contributed by atoms with E-state index < -0.39 is 0 Å². The Labute approximate surface area is 129 Å². The van der Waals surface area contributed by atoms with Gasteiger partial charge in [0.15, 0.2) is 0 Å². The van der Waals surface area contributed by atoms with Gasteiger partial charge in [-0.05, 0) is 54.7 Å². The molecule has 1 N–H and O–H groups in total. The maximum atomic E-state index is 12.2. The molecule has 0 radical (unpaired) electrons. The largest absolute Gasteiger partial charge is 0.497 e. The molecule has 1 atom stereocenters. The first-order chi connectivity index (χ1) is 10.1. The Balaban J connectivity index is 2.02. The Hall–Kier alpha value is -1.85. The van der Waals surface area contributed by atoms with Crippen molar-refractivity contribution in [2.75, 3.05) is 27.7 Å². The van der Waals surface area contributed by atoms with Crippen LogP contribution in [0.5, 0.6) is 5.75 Å². The van der Waals surface area contributed by atoms with Crippen LogP contribution in [0, 0.1) is 0 Å². The van der Waals surface area contributed by atoms with E-state index in [9.17, 15) is 4.79 Å². The highest BCUT2D eigenvalue weighted by Gasteiger charge is 2.16. The summed E-state index contributed by atoms with van der Waals surface area (Å²) < 4.78 is 5.14. The number of thiophene rings is 1. The van der Waals surface area contributed by atoms with Crippen LogP contribution in [0.25, 0.3) is 0 Å². The Morgan fingerprint density at radius 3 is 2.81 bits per heavy atom. The number of hydrogen-bond acceptors (Lipinski definition) is 4. The molecule has 1 unspecified atom stereocenters. The number of nitrogens with zero attached hydrogens (tertiary/aromatic N) is 1. The van der Waals surface area contributed by atoms with Crippen molar-refractivity contribution in [2.45, 2.75) is 6.04 Å². The number of methoxy groups -OCH3 is 1. The molecule has 21 heavy (non-hydrogen) atoms. The number of likely N-dealkylation sites (N-methyl/N-ethyl adjacent to an activating group) is 1. The number of carbonyl (C=O) groups excluding carboxylic acids is 1. The van der Waals surface area contributed by atoms with Crippen molar-refractivity contribution < 1.29 is 9.53 Å². The van der Waals surface area contributed by atoms with Crippen molar-refractivity contribution in [1.29, 1.82) is 0 Å². The van der Waals surface area contributed by atoms with E-state index in [1.54, 1.807) is 30.6 Å². The first-order valence-corrected chi connectivity index (χ1v) is 7.67. The zero-order valence-corrected chi connectivity index (χ0v) is 13.3. The molecule has 2 rings (SSSR count). The first-order valence-electron chi connectivity index (χ1n) is 6.72. The number of rotatable bonds is 6. The molecule has 1 aromatic carbocycles. The minimum Gasteiger partial charge on any atom is -0.497 e. The van der Waals surface area contributed by atoms with Crippen LogP contribution < -0.4 is 10.1 Å². The predicted octanol–water partition coefficient (Wildman–Crippen LogP) is 2.79. The molecular weight excluding hydrogens is 284 g/mol. The smallest absolute Gasteiger partial charge is 0.251 e. The summed E-state index contributed by atoms with van der Waals surface area (Å²) in [5.41, 5.74) is 1.83. The summed E-state index contributed by atoms with van der Waals surface area (Å²) in [5.74, 6) is 0.598. The molecule has 1 aromatic heterocycles. The third-order valence-corrected chi connectivity index (χ3v) is 4.04. The van der Waals surface area contributed by atoms with Crippen LogP contribution in [0.2, 0.25) is 0 Å². The maximum absolute atomic E-state index is 12.2. The third kappa shape index (κ3) is 4.06. The van der Waals surface area contributed by atoms with Crippen molar-refractivity contribution in [2.24, 2.45) is 0 Å². The molecule has 0 aliphatic rings. The fourth-order valence-corrected chi connectivity index (χ4v) is 2.83. The van der Waals surface area contributed by atoms with Gasteiger partial charge in [-0.2, -0.15) is 11.3 Å². The molecule has 0 bridgehead atoms. The van der Waals surface area contributed by atoms with Gasteiger partial charge in [0.25, 0.3) is 5.91 Å². The fourth-order valence-electron chi connectivity index (χ4n) is 2.12. The lowest BCUT2D eigenvalue weighted by atomic mass is 10.1. The molecular formula is C16H20N2O2S. The van der Waals surface area contributed by atoms with Gasteiger partial charge in [-0.15, -0.1) is 0 Å². The van der Waals surface area contributed by atoms with Crippen LogP contribution in [-0.4, -0.2) is 38.6 Å². The number of amides is 1. The van der Waals surface area contributed by atoms with Crippen molar-refractivity contribution in [3.05, 3.63) is 52.2 Å². The van der Waals surface area contributed by atoms with E-state index in [1.165, 1.54) is 5.56 Å². The Bertz CT molecular complexity index is 582. The number of carbonyl (C=O) groups is 1. The zero-order chi connectivity index (χ0) is 15.2. The number of benzene rings is 1. The van der Waals surface area contributed by atoms with Gasteiger partial charge in [-0.1, -0.05) is 6.07 Å². The van der Waals surface area contributed by atoms with Crippen molar-refractivity contribution in [3.8, 4) is 5.75 Å². The monoisotopic (exact) mass is 304 g/mol. The lowest BCUT2D eigenvalue weighted by molar-refractivity contribution is 0.0941. The van der Waals surface area contributed by atoms with Gasteiger partial charge < -0.3 is 15.0 Å². The Kier molecular flexibility index (Phi) is 5.36. The molecule has 112 valence electrons. The predicted molar refractivity (Wildman–Crippen MR) is 86.1 cm³/mol. The van der Waals surface area contributed by atoms with Crippen molar-refractivity contribution in [3.63, 3.8) is 0 Å². The Morgan fingerprint density at radius 2 is 2.19 bits per heavy atom. The summed E-state index contributed by atoms with van der Waals surface area (Å²) in [7, 11) is 5.62. The van der Waals surface area contributed by atoms with Crippen molar-refractivity contribution in [1.82, 2.24) is 10.2 Å². The van der Waals surface area contributed by atoms with Crippen LogP contribution in [0.15, 0.2) is 41.1 Å². The van der Waals surface area contributed by atoms with E-state index in [2.05, 4.69) is 27.0 Å². The first kappa shape index (κ1) is 15.5.